The van der Waals surface area contributed by atoms with Crippen molar-refractivity contribution < 1.29 is 13.2 Å². The number of sulfonamides is 1. The molecule has 0 saturated carbocycles. The zero-order valence-electron chi connectivity index (χ0n) is 14.6. The van der Waals surface area contributed by atoms with E-state index in [0.717, 1.165) is 18.5 Å². The van der Waals surface area contributed by atoms with E-state index in [0.29, 0.717) is 30.0 Å². The third-order valence-corrected chi connectivity index (χ3v) is 6.10. The van der Waals surface area contributed by atoms with Crippen LogP contribution in [-0.2, 0) is 21.9 Å². The first kappa shape index (κ1) is 17.5. The molecule has 0 radical (unpaired) electrons. The van der Waals surface area contributed by atoms with Gasteiger partial charge >= 0.3 is 0 Å². The minimum absolute atomic E-state index is 0.112. The molecule has 0 aliphatic carbocycles. The summed E-state index contributed by atoms with van der Waals surface area (Å²) >= 11 is 0. The van der Waals surface area contributed by atoms with Crippen LogP contribution in [0.4, 0.5) is 11.4 Å². The van der Waals surface area contributed by atoms with Crippen LogP contribution >= 0.6 is 0 Å². The van der Waals surface area contributed by atoms with E-state index in [1.165, 1.54) is 0 Å². The molecular formula is C17H22N4O3S. The van der Waals surface area contributed by atoms with Gasteiger partial charge in [-0.3, -0.25) is 14.2 Å². The lowest BCUT2D eigenvalue weighted by atomic mass is 10.1. The van der Waals surface area contributed by atoms with Crippen molar-refractivity contribution >= 4 is 27.3 Å². The number of piperidine rings is 1. The van der Waals surface area contributed by atoms with Crippen molar-refractivity contribution in [1.82, 2.24) is 9.78 Å². The minimum Gasteiger partial charge on any atom is -0.312 e. The quantitative estimate of drug-likeness (QED) is 0.905. The second-order valence-electron chi connectivity index (χ2n) is 6.28. The van der Waals surface area contributed by atoms with Crippen LogP contribution in [0.1, 0.15) is 30.7 Å². The summed E-state index contributed by atoms with van der Waals surface area (Å²) in [6.45, 7) is 4.10. The van der Waals surface area contributed by atoms with Gasteiger partial charge in [0.25, 0.3) is 10.0 Å². The summed E-state index contributed by atoms with van der Waals surface area (Å²) in [5.41, 5.74) is 2.29. The summed E-state index contributed by atoms with van der Waals surface area (Å²) in [5.74, 6) is 0.112. The maximum Gasteiger partial charge on any atom is 0.265 e. The Labute approximate surface area is 147 Å². The smallest absolute Gasteiger partial charge is 0.265 e. The Morgan fingerprint density at radius 1 is 1.12 bits per heavy atom. The second kappa shape index (κ2) is 6.51. The van der Waals surface area contributed by atoms with E-state index in [1.807, 2.05) is 0 Å². The molecule has 0 spiro atoms. The number of amides is 1. The zero-order valence-corrected chi connectivity index (χ0v) is 15.4. The molecule has 0 unspecified atom stereocenters. The third-order valence-electron chi connectivity index (χ3n) is 4.47. The topological polar surface area (TPSA) is 84.3 Å². The van der Waals surface area contributed by atoms with Gasteiger partial charge < -0.3 is 4.90 Å². The highest BCUT2D eigenvalue weighted by Gasteiger charge is 2.24. The molecule has 1 aromatic heterocycles. The Hall–Kier alpha value is -2.35. The van der Waals surface area contributed by atoms with Gasteiger partial charge in [0, 0.05) is 31.4 Å². The van der Waals surface area contributed by atoms with Crippen LogP contribution in [0.25, 0.3) is 0 Å². The van der Waals surface area contributed by atoms with E-state index in [2.05, 4.69) is 9.82 Å². The van der Waals surface area contributed by atoms with Gasteiger partial charge in [-0.2, -0.15) is 5.10 Å². The molecule has 1 amide bonds. The van der Waals surface area contributed by atoms with Crippen LogP contribution in [0.15, 0.2) is 29.2 Å². The van der Waals surface area contributed by atoms with Crippen LogP contribution in [0, 0.1) is 13.8 Å². The first-order valence-electron chi connectivity index (χ1n) is 8.23. The molecule has 2 heterocycles. The molecule has 7 nitrogen and oxygen atoms in total. The molecule has 8 heteroatoms. The lowest BCUT2D eigenvalue weighted by molar-refractivity contribution is -0.119. The van der Waals surface area contributed by atoms with Crippen molar-refractivity contribution in [2.75, 3.05) is 16.2 Å². The Morgan fingerprint density at radius 3 is 2.36 bits per heavy atom. The monoisotopic (exact) mass is 362 g/mol. The fourth-order valence-corrected chi connectivity index (χ4v) is 4.64. The molecule has 1 N–H and O–H groups in total. The largest absolute Gasteiger partial charge is 0.312 e. The van der Waals surface area contributed by atoms with Gasteiger partial charge in [0.05, 0.1) is 11.4 Å². The average Bonchev–Trinajstić information content (AvgIpc) is 2.81. The van der Waals surface area contributed by atoms with Crippen molar-refractivity contribution in [1.29, 1.82) is 0 Å². The van der Waals surface area contributed by atoms with E-state index in [4.69, 9.17) is 0 Å². The highest BCUT2D eigenvalue weighted by Crippen LogP contribution is 2.25. The second-order valence-corrected chi connectivity index (χ2v) is 7.90. The van der Waals surface area contributed by atoms with Gasteiger partial charge in [0.15, 0.2) is 0 Å². The predicted octanol–water partition coefficient (Wildman–Crippen LogP) is 2.35. The average molecular weight is 362 g/mol. The number of hydrogen-bond acceptors (Lipinski definition) is 4. The Bertz CT molecular complexity index is 901. The molecule has 1 aromatic carbocycles. The molecule has 0 atom stereocenters. The van der Waals surface area contributed by atoms with Crippen molar-refractivity contribution in [2.45, 2.75) is 38.0 Å². The normalized spacial score (nSPS) is 15.5. The zero-order chi connectivity index (χ0) is 18.2. The number of anilines is 2. The molecule has 0 bridgehead atoms. The number of aromatic nitrogens is 2. The van der Waals surface area contributed by atoms with Gasteiger partial charge in [-0.05, 0) is 51.0 Å². The van der Waals surface area contributed by atoms with Crippen LogP contribution in [0.3, 0.4) is 0 Å². The molecule has 1 aliphatic rings. The minimum atomic E-state index is -3.72. The standard InChI is InChI=1S/C17H22N4O3S/c1-12-17(13(2)20(3)18-12)25(23,24)19-14-7-9-15(10-8-14)21-11-5-4-6-16(21)22/h7-10,19H,4-6,11H2,1-3H3. The Balaban J connectivity index is 1.82. The lowest BCUT2D eigenvalue weighted by Crippen LogP contribution is -2.35. The summed E-state index contributed by atoms with van der Waals surface area (Å²) in [6.07, 6.45) is 2.48. The number of rotatable bonds is 4. The maximum atomic E-state index is 12.7. The number of carbonyl (C=O) groups is 1. The van der Waals surface area contributed by atoms with Crippen molar-refractivity contribution in [3.8, 4) is 0 Å². The molecule has 134 valence electrons. The van der Waals surface area contributed by atoms with Crippen LogP contribution in [-0.4, -0.2) is 30.7 Å². The highest BCUT2D eigenvalue weighted by molar-refractivity contribution is 7.92. The van der Waals surface area contributed by atoms with Crippen molar-refractivity contribution in [2.24, 2.45) is 7.05 Å². The van der Waals surface area contributed by atoms with E-state index in [9.17, 15) is 13.2 Å². The molecule has 2 aromatic rings. The molecule has 25 heavy (non-hydrogen) atoms. The summed E-state index contributed by atoms with van der Waals surface area (Å²) in [6, 6.07) is 6.89. The fourth-order valence-electron chi connectivity index (χ4n) is 3.14. The number of hydrogen-bond donors (Lipinski definition) is 1. The van der Waals surface area contributed by atoms with Gasteiger partial charge in [0.2, 0.25) is 5.91 Å². The number of aryl methyl sites for hydroxylation is 2. The number of nitrogens with one attached hydrogen (secondary N) is 1. The molecule has 1 fully saturated rings. The van der Waals surface area contributed by atoms with Crippen LogP contribution < -0.4 is 9.62 Å². The first-order chi connectivity index (χ1) is 11.8. The number of nitrogens with zero attached hydrogens (tertiary/aromatic N) is 3. The van der Waals surface area contributed by atoms with Gasteiger partial charge in [-0.25, -0.2) is 8.42 Å². The Morgan fingerprint density at radius 2 is 1.80 bits per heavy atom. The van der Waals surface area contributed by atoms with Gasteiger partial charge in [-0.15, -0.1) is 0 Å². The summed E-state index contributed by atoms with van der Waals surface area (Å²) < 4.78 is 29.5. The first-order valence-corrected chi connectivity index (χ1v) is 9.71. The Kier molecular flexibility index (Phi) is 4.55. The fraction of sp³-hybridized carbons (Fsp3) is 0.412. The highest BCUT2D eigenvalue weighted by atomic mass is 32.2. The maximum absolute atomic E-state index is 12.7. The van der Waals surface area contributed by atoms with Gasteiger partial charge in [-0.1, -0.05) is 0 Å². The summed E-state index contributed by atoms with van der Waals surface area (Å²) in [4.78, 5) is 13.9. The van der Waals surface area contributed by atoms with E-state index in [1.54, 1.807) is 54.7 Å². The van der Waals surface area contributed by atoms with E-state index in [-0.39, 0.29) is 10.8 Å². The molecular weight excluding hydrogens is 340 g/mol. The molecule has 1 aliphatic heterocycles. The summed E-state index contributed by atoms with van der Waals surface area (Å²) in [5, 5.41) is 4.16. The lowest BCUT2D eigenvalue weighted by Gasteiger charge is -2.26. The number of carbonyl (C=O) groups excluding carboxylic acids is 1. The predicted molar refractivity (Wildman–Crippen MR) is 96.1 cm³/mol. The SMILES string of the molecule is Cc1nn(C)c(C)c1S(=O)(=O)Nc1ccc(N2CCCCC2=O)cc1. The molecule has 1 saturated heterocycles. The van der Waals surface area contributed by atoms with Crippen LogP contribution in [0.5, 0.6) is 0 Å². The van der Waals surface area contributed by atoms with E-state index < -0.39 is 10.0 Å². The van der Waals surface area contributed by atoms with Gasteiger partial charge in [0.1, 0.15) is 4.90 Å². The molecule has 3 rings (SSSR count). The number of benzene rings is 1. The third kappa shape index (κ3) is 3.39. The summed E-state index contributed by atoms with van der Waals surface area (Å²) in [7, 11) is -2.00. The van der Waals surface area contributed by atoms with E-state index >= 15 is 0 Å². The van der Waals surface area contributed by atoms with Crippen molar-refractivity contribution in [3.63, 3.8) is 0 Å². The van der Waals surface area contributed by atoms with Crippen LogP contribution in [0.2, 0.25) is 0 Å². The van der Waals surface area contributed by atoms with Crippen molar-refractivity contribution in [3.05, 3.63) is 35.7 Å².